The predicted octanol–water partition coefficient (Wildman–Crippen LogP) is 3.99. The summed E-state index contributed by atoms with van der Waals surface area (Å²) in [5, 5.41) is 0.731. The molecule has 0 radical (unpaired) electrons. The van der Waals surface area contributed by atoms with Gasteiger partial charge >= 0.3 is 0 Å². The standard InChI is InChI=1S/C17H21ClN2O/c1-11(2)21-16-10-5-4-7-14(16)17(20-19)13-8-6-9-15(18)12(13)3/h4-11,17,20H,19H2,1-3H3. The predicted molar refractivity (Wildman–Crippen MR) is 87.6 cm³/mol. The zero-order chi connectivity index (χ0) is 15.4. The van der Waals surface area contributed by atoms with Gasteiger partial charge in [0.05, 0.1) is 12.1 Å². The second-order valence-corrected chi connectivity index (χ2v) is 5.67. The van der Waals surface area contributed by atoms with Crippen molar-refractivity contribution in [2.24, 2.45) is 5.84 Å². The fourth-order valence-electron chi connectivity index (χ4n) is 2.36. The van der Waals surface area contributed by atoms with Crippen LogP contribution < -0.4 is 16.0 Å². The third kappa shape index (κ3) is 3.56. The van der Waals surface area contributed by atoms with Crippen molar-refractivity contribution in [3.8, 4) is 5.75 Å². The van der Waals surface area contributed by atoms with Gasteiger partial charge in [0.1, 0.15) is 5.75 Å². The lowest BCUT2D eigenvalue weighted by molar-refractivity contribution is 0.238. The highest BCUT2D eigenvalue weighted by molar-refractivity contribution is 6.31. The van der Waals surface area contributed by atoms with Crippen LogP contribution in [0.15, 0.2) is 42.5 Å². The molecule has 0 spiro atoms. The molecule has 0 heterocycles. The Hall–Kier alpha value is -1.55. The van der Waals surface area contributed by atoms with Gasteiger partial charge in [-0.25, -0.2) is 5.43 Å². The minimum atomic E-state index is -0.168. The van der Waals surface area contributed by atoms with E-state index in [1.165, 1.54) is 0 Å². The maximum Gasteiger partial charge on any atom is 0.124 e. The van der Waals surface area contributed by atoms with Crippen LogP contribution in [0.2, 0.25) is 5.02 Å². The number of nitrogens with two attached hydrogens (primary N) is 1. The molecule has 112 valence electrons. The fraction of sp³-hybridized carbons (Fsp3) is 0.294. The minimum Gasteiger partial charge on any atom is -0.491 e. The number of ether oxygens (including phenoxy) is 1. The van der Waals surface area contributed by atoms with Crippen LogP contribution in [0.5, 0.6) is 5.75 Å². The maximum absolute atomic E-state index is 6.23. The van der Waals surface area contributed by atoms with E-state index in [1.54, 1.807) is 0 Å². The monoisotopic (exact) mass is 304 g/mol. The Morgan fingerprint density at radius 3 is 2.38 bits per heavy atom. The first-order valence-electron chi connectivity index (χ1n) is 7.01. The van der Waals surface area contributed by atoms with Gasteiger partial charge in [-0.3, -0.25) is 5.84 Å². The molecule has 2 rings (SSSR count). The Labute approximate surface area is 131 Å². The lowest BCUT2D eigenvalue weighted by Gasteiger charge is -2.23. The van der Waals surface area contributed by atoms with Crippen molar-refractivity contribution in [3.63, 3.8) is 0 Å². The van der Waals surface area contributed by atoms with Crippen LogP contribution in [-0.2, 0) is 0 Å². The fourth-order valence-corrected chi connectivity index (χ4v) is 2.55. The van der Waals surface area contributed by atoms with Crippen molar-refractivity contribution < 1.29 is 4.74 Å². The van der Waals surface area contributed by atoms with Crippen LogP contribution >= 0.6 is 11.6 Å². The van der Waals surface area contributed by atoms with Crippen LogP contribution in [0.25, 0.3) is 0 Å². The van der Waals surface area contributed by atoms with E-state index in [0.29, 0.717) is 0 Å². The van der Waals surface area contributed by atoms with E-state index in [9.17, 15) is 0 Å². The topological polar surface area (TPSA) is 47.3 Å². The number of rotatable bonds is 5. The number of hydrazine groups is 1. The van der Waals surface area contributed by atoms with Crippen molar-refractivity contribution >= 4 is 11.6 Å². The average Bonchev–Trinajstić information content (AvgIpc) is 2.45. The van der Waals surface area contributed by atoms with E-state index >= 15 is 0 Å². The Morgan fingerprint density at radius 1 is 1.05 bits per heavy atom. The van der Waals surface area contributed by atoms with Gasteiger partial charge in [-0.15, -0.1) is 0 Å². The van der Waals surface area contributed by atoms with Gasteiger partial charge < -0.3 is 4.74 Å². The molecule has 0 aromatic heterocycles. The molecule has 0 fully saturated rings. The van der Waals surface area contributed by atoms with E-state index in [1.807, 2.05) is 63.2 Å². The summed E-state index contributed by atoms with van der Waals surface area (Å²) in [5.74, 6) is 6.64. The molecule has 0 bridgehead atoms. The second kappa shape index (κ2) is 6.94. The molecule has 1 atom stereocenters. The van der Waals surface area contributed by atoms with Crippen LogP contribution in [0.1, 0.15) is 36.6 Å². The molecule has 2 aromatic rings. The lowest BCUT2D eigenvalue weighted by Crippen LogP contribution is -2.30. The third-order valence-electron chi connectivity index (χ3n) is 3.38. The number of halogens is 1. The van der Waals surface area contributed by atoms with Crippen LogP contribution in [0.3, 0.4) is 0 Å². The van der Waals surface area contributed by atoms with Crippen molar-refractivity contribution in [1.29, 1.82) is 0 Å². The molecular formula is C17H21ClN2O. The first-order chi connectivity index (χ1) is 10.0. The van der Waals surface area contributed by atoms with E-state index in [4.69, 9.17) is 22.2 Å². The van der Waals surface area contributed by atoms with Gasteiger partial charge in [0.15, 0.2) is 0 Å². The minimum absolute atomic E-state index is 0.102. The molecule has 0 aliphatic carbocycles. The number of benzene rings is 2. The number of nitrogens with one attached hydrogen (secondary N) is 1. The molecule has 1 unspecified atom stereocenters. The normalized spacial score (nSPS) is 12.5. The summed E-state index contributed by atoms with van der Waals surface area (Å²) in [6.45, 7) is 6.01. The van der Waals surface area contributed by atoms with Gasteiger partial charge in [-0.05, 0) is 44.0 Å². The van der Waals surface area contributed by atoms with Gasteiger partial charge in [0.2, 0.25) is 0 Å². The molecule has 21 heavy (non-hydrogen) atoms. The average molecular weight is 305 g/mol. The molecule has 0 saturated heterocycles. The summed E-state index contributed by atoms with van der Waals surface area (Å²) in [7, 11) is 0. The second-order valence-electron chi connectivity index (χ2n) is 5.26. The molecule has 0 aliphatic heterocycles. The summed E-state index contributed by atoms with van der Waals surface area (Å²) in [6.07, 6.45) is 0.102. The number of hydrogen-bond donors (Lipinski definition) is 2. The maximum atomic E-state index is 6.23. The Balaban J connectivity index is 2.49. The van der Waals surface area contributed by atoms with E-state index in [-0.39, 0.29) is 12.1 Å². The van der Waals surface area contributed by atoms with Gasteiger partial charge in [-0.2, -0.15) is 0 Å². The van der Waals surface area contributed by atoms with Crippen molar-refractivity contribution in [2.75, 3.05) is 0 Å². The van der Waals surface area contributed by atoms with Crippen molar-refractivity contribution in [2.45, 2.75) is 32.9 Å². The summed E-state index contributed by atoms with van der Waals surface area (Å²) >= 11 is 6.23. The summed E-state index contributed by atoms with van der Waals surface area (Å²) in [4.78, 5) is 0. The molecular weight excluding hydrogens is 284 g/mol. The highest BCUT2D eigenvalue weighted by Gasteiger charge is 2.19. The highest BCUT2D eigenvalue weighted by atomic mass is 35.5. The van der Waals surface area contributed by atoms with E-state index in [0.717, 1.165) is 27.5 Å². The first-order valence-corrected chi connectivity index (χ1v) is 7.39. The van der Waals surface area contributed by atoms with Crippen molar-refractivity contribution in [1.82, 2.24) is 5.43 Å². The SMILES string of the molecule is Cc1c(Cl)cccc1C(NN)c1ccccc1OC(C)C. The zero-order valence-corrected chi connectivity index (χ0v) is 13.3. The zero-order valence-electron chi connectivity index (χ0n) is 12.6. The Bertz CT molecular complexity index is 613. The smallest absolute Gasteiger partial charge is 0.124 e. The number of hydrogen-bond acceptors (Lipinski definition) is 3. The molecule has 4 heteroatoms. The molecule has 2 aromatic carbocycles. The lowest BCUT2D eigenvalue weighted by atomic mass is 9.95. The molecule has 0 aliphatic rings. The summed E-state index contributed by atoms with van der Waals surface area (Å²) < 4.78 is 5.89. The molecule has 0 saturated carbocycles. The Kier molecular flexibility index (Phi) is 5.23. The van der Waals surface area contributed by atoms with Gasteiger partial charge in [0, 0.05) is 10.6 Å². The van der Waals surface area contributed by atoms with E-state index < -0.39 is 0 Å². The quantitative estimate of drug-likeness (QED) is 0.648. The first kappa shape index (κ1) is 15.8. The number of para-hydroxylation sites is 1. The summed E-state index contributed by atoms with van der Waals surface area (Å²) in [6, 6.07) is 13.6. The van der Waals surface area contributed by atoms with Crippen LogP contribution in [-0.4, -0.2) is 6.10 Å². The van der Waals surface area contributed by atoms with Gasteiger partial charge in [0.25, 0.3) is 0 Å². The Morgan fingerprint density at radius 2 is 1.71 bits per heavy atom. The highest BCUT2D eigenvalue weighted by Crippen LogP contribution is 2.33. The molecule has 0 amide bonds. The third-order valence-corrected chi connectivity index (χ3v) is 3.79. The van der Waals surface area contributed by atoms with Crippen LogP contribution in [0, 0.1) is 6.92 Å². The van der Waals surface area contributed by atoms with E-state index in [2.05, 4.69) is 5.43 Å². The largest absolute Gasteiger partial charge is 0.491 e. The van der Waals surface area contributed by atoms with Gasteiger partial charge in [-0.1, -0.05) is 41.9 Å². The molecule has 3 N–H and O–H groups in total. The van der Waals surface area contributed by atoms with Crippen molar-refractivity contribution in [3.05, 3.63) is 64.2 Å². The summed E-state index contributed by atoms with van der Waals surface area (Å²) in [5.41, 5.74) is 5.94. The van der Waals surface area contributed by atoms with Crippen LogP contribution in [0.4, 0.5) is 0 Å². The molecule has 3 nitrogen and oxygen atoms in total.